The van der Waals surface area contributed by atoms with Crippen molar-refractivity contribution in [2.75, 3.05) is 13.2 Å². The normalized spacial score (nSPS) is 20.2. The summed E-state index contributed by atoms with van der Waals surface area (Å²) in [5.74, 6) is -1.02. The van der Waals surface area contributed by atoms with Crippen molar-refractivity contribution in [3.8, 4) is 0 Å². The lowest BCUT2D eigenvalue weighted by atomic mass is 9.82. The number of rotatable bonds is 8. The minimum absolute atomic E-state index is 0.00157. The highest BCUT2D eigenvalue weighted by molar-refractivity contribution is 9.09. The number of nitrogens with zero attached hydrogens (tertiary/aromatic N) is 2. The van der Waals surface area contributed by atoms with Crippen LogP contribution < -0.4 is 0 Å². The first-order chi connectivity index (χ1) is 16.8. The molecular weight excluding hydrogens is 520 g/mol. The number of alkyl halides is 1. The number of non-ortho nitro benzene ring substituents is 2. The molecule has 0 saturated carbocycles. The molecule has 1 aliphatic heterocycles. The minimum Gasteiger partial charge on any atom is -0.462 e. The largest absolute Gasteiger partial charge is 0.462 e. The molecule has 0 aliphatic carbocycles. The molecule has 4 rings (SSSR count). The highest BCUT2D eigenvalue weighted by Gasteiger charge is 2.48. The van der Waals surface area contributed by atoms with Gasteiger partial charge >= 0.3 is 5.97 Å². The summed E-state index contributed by atoms with van der Waals surface area (Å²) in [6.07, 6.45) is 0.546. The Morgan fingerprint density at radius 1 is 1.00 bits per heavy atom. The summed E-state index contributed by atoms with van der Waals surface area (Å²) in [6, 6.07) is 22.4. The zero-order valence-corrected chi connectivity index (χ0v) is 20.0. The summed E-state index contributed by atoms with van der Waals surface area (Å²) in [4.78, 5) is 33.1. The molecule has 1 aliphatic rings. The standard InChI is InChI=1S/C25H21BrN2O7/c26-23(18-7-3-1-4-8-18)25(20-9-5-2-6-10-20)14-17(16-35-25)15-34-24(29)19-11-21(27(30)31)13-22(12-19)28(32)33/h1-13,17,23H,14-16H2/t17-,23-,25-/m1/s1. The van der Waals surface area contributed by atoms with Crippen molar-refractivity contribution in [1.82, 2.24) is 0 Å². The van der Waals surface area contributed by atoms with Crippen LogP contribution in [0, 0.1) is 26.1 Å². The maximum atomic E-state index is 12.6. The lowest BCUT2D eigenvalue weighted by Gasteiger charge is -2.34. The number of nitro benzene ring substituents is 2. The zero-order chi connectivity index (χ0) is 25.0. The molecule has 180 valence electrons. The van der Waals surface area contributed by atoms with Crippen LogP contribution in [0.5, 0.6) is 0 Å². The monoisotopic (exact) mass is 540 g/mol. The molecule has 3 aromatic carbocycles. The van der Waals surface area contributed by atoms with Gasteiger partial charge in [-0.1, -0.05) is 76.6 Å². The Balaban J connectivity index is 1.52. The molecule has 1 heterocycles. The molecule has 10 heteroatoms. The third-order valence-corrected chi connectivity index (χ3v) is 7.21. The van der Waals surface area contributed by atoms with Crippen LogP contribution in [0.3, 0.4) is 0 Å². The molecule has 0 bridgehead atoms. The molecular formula is C25H21BrN2O7. The Labute approximate surface area is 209 Å². The first-order valence-corrected chi connectivity index (χ1v) is 11.7. The predicted octanol–water partition coefficient (Wildman–Crippen LogP) is 5.73. The van der Waals surface area contributed by atoms with Crippen molar-refractivity contribution in [3.63, 3.8) is 0 Å². The van der Waals surface area contributed by atoms with Crippen LogP contribution in [-0.2, 0) is 15.1 Å². The van der Waals surface area contributed by atoms with Crippen LogP contribution in [0.4, 0.5) is 11.4 Å². The van der Waals surface area contributed by atoms with Gasteiger partial charge in [-0.05, 0) is 17.5 Å². The van der Waals surface area contributed by atoms with Crippen LogP contribution in [0.2, 0.25) is 0 Å². The number of hydrogen-bond donors (Lipinski definition) is 0. The Kier molecular flexibility index (Phi) is 7.23. The van der Waals surface area contributed by atoms with Gasteiger partial charge in [0, 0.05) is 18.1 Å². The highest BCUT2D eigenvalue weighted by atomic mass is 79.9. The van der Waals surface area contributed by atoms with Gasteiger partial charge in [-0.25, -0.2) is 4.79 Å². The molecule has 1 fully saturated rings. The van der Waals surface area contributed by atoms with Crippen molar-refractivity contribution in [3.05, 3.63) is 116 Å². The van der Waals surface area contributed by atoms with Crippen molar-refractivity contribution in [2.45, 2.75) is 16.8 Å². The molecule has 3 aromatic rings. The number of hydrogen-bond acceptors (Lipinski definition) is 7. The fourth-order valence-corrected chi connectivity index (χ4v) is 5.15. The van der Waals surface area contributed by atoms with Crippen LogP contribution in [-0.4, -0.2) is 29.0 Å². The van der Waals surface area contributed by atoms with Crippen molar-refractivity contribution >= 4 is 33.3 Å². The van der Waals surface area contributed by atoms with Gasteiger partial charge in [0.05, 0.1) is 39.5 Å². The first kappa shape index (κ1) is 24.5. The third-order valence-electron chi connectivity index (χ3n) is 5.94. The van der Waals surface area contributed by atoms with Gasteiger partial charge in [0.25, 0.3) is 11.4 Å². The summed E-state index contributed by atoms with van der Waals surface area (Å²) in [6.45, 7) is 0.324. The Morgan fingerprint density at radius 2 is 1.57 bits per heavy atom. The van der Waals surface area contributed by atoms with E-state index in [1.165, 1.54) is 0 Å². The second kappa shape index (κ2) is 10.3. The van der Waals surface area contributed by atoms with E-state index in [0.717, 1.165) is 29.3 Å². The van der Waals surface area contributed by atoms with Crippen molar-refractivity contribution < 1.29 is 24.1 Å². The van der Waals surface area contributed by atoms with Gasteiger partial charge in [-0.2, -0.15) is 0 Å². The molecule has 0 spiro atoms. The van der Waals surface area contributed by atoms with Crippen LogP contribution >= 0.6 is 15.9 Å². The van der Waals surface area contributed by atoms with E-state index in [1.807, 2.05) is 60.7 Å². The maximum absolute atomic E-state index is 12.6. The lowest BCUT2D eigenvalue weighted by Crippen LogP contribution is -2.30. The van der Waals surface area contributed by atoms with E-state index < -0.39 is 32.8 Å². The molecule has 0 amide bonds. The smallest absolute Gasteiger partial charge is 0.338 e. The molecule has 3 atom stereocenters. The Hall–Kier alpha value is -3.63. The first-order valence-electron chi connectivity index (χ1n) is 10.8. The fourth-order valence-electron chi connectivity index (χ4n) is 4.26. The molecule has 0 N–H and O–H groups in total. The minimum atomic E-state index is -0.868. The predicted molar refractivity (Wildman–Crippen MR) is 130 cm³/mol. The number of esters is 1. The Bertz CT molecular complexity index is 1210. The Morgan fingerprint density at radius 3 is 2.14 bits per heavy atom. The van der Waals surface area contributed by atoms with Gasteiger partial charge in [-0.15, -0.1) is 0 Å². The van der Waals surface area contributed by atoms with Gasteiger partial charge < -0.3 is 9.47 Å². The average Bonchev–Trinajstić information content (AvgIpc) is 3.33. The van der Waals surface area contributed by atoms with Crippen LogP contribution in [0.25, 0.3) is 0 Å². The summed E-state index contributed by atoms with van der Waals surface area (Å²) in [5, 5.41) is 22.2. The molecule has 1 saturated heterocycles. The van der Waals surface area contributed by atoms with Crippen molar-refractivity contribution in [1.29, 1.82) is 0 Å². The van der Waals surface area contributed by atoms with Crippen molar-refractivity contribution in [2.24, 2.45) is 5.92 Å². The van der Waals surface area contributed by atoms with E-state index in [4.69, 9.17) is 9.47 Å². The molecule has 0 unspecified atom stereocenters. The van der Waals surface area contributed by atoms with Gasteiger partial charge in [0.2, 0.25) is 0 Å². The topological polar surface area (TPSA) is 122 Å². The van der Waals surface area contributed by atoms with Gasteiger partial charge in [0.15, 0.2) is 0 Å². The van der Waals surface area contributed by atoms with E-state index >= 15 is 0 Å². The van der Waals surface area contributed by atoms with Gasteiger partial charge in [-0.3, -0.25) is 20.2 Å². The van der Waals surface area contributed by atoms with Crippen LogP contribution in [0.15, 0.2) is 78.9 Å². The number of carbonyl (C=O) groups excluding carboxylic acids is 1. The molecule has 9 nitrogen and oxygen atoms in total. The van der Waals surface area contributed by atoms with E-state index in [2.05, 4.69) is 15.9 Å². The summed E-state index contributed by atoms with van der Waals surface area (Å²) in [5.41, 5.74) is -0.0373. The third kappa shape index (κ3) is 5.23. The zero-order valence-electron chi connectivity index (χ0n) is 18.4. The summed E-state index contributed by atoms with van der Waals surface area (Å²) < 4.78 is 11.8. The second-order valence-corrected chi connectivity index (χ2v) is 9.18. The summed E-state index contributed by atoms with van der Waals surface area (Å²) in [7, 11) is 0. The lowest BCUT2D eigenvalue weighted by molar-refractivity contribution is -0.394. The number of ether oxygens (including phenoxy) is 2. The molecule has 35 heavy (non-hydrogen) atoms. The fraction of sp³-hybridized carbons (Fsp3) is 0.240. The highest BCUT2D eigenvalue weighted by Crippen LogP contribution is 2.52. The quantitative estimate of drug-likeness (QED) is 0.155. The van der Waals surface area contributed by atoms with E-state index in [1.54, 1.807) is 0 Å². The SMILES string of the molecule is O=C(OC[C@@H]1CO[C@](c2ccccc2)([C@H](Br)c2ccccc2)C1)c1cc([N+](=O)[O-])cc([N+](=O)[O-])c1. The molecule has 0 radical (unpaired) electrons. The average molecular weight is 541 g/mol. The number of halogens is 1. The van der Waals surface area contributed by atoms with E-state index in [9.17, 15) is 25.0 Å². The van der Waals surface area contributed by atoms with Gasteiger partial charge in [0.1, 0.15) is 5.60 Å². The number of nitro groups is 2. The van der Waals surface area contributed by atoms with Crippen LogP contribution in [0.1, 0.15) is 32.7 Å². The summed E-state index contributed by atoms with van der Waals surface area (Å²) >= 11 is 3.83. The number of benzene rings is 3. The molecule has 0 aromatic heterocycles. The second-order valence-electron chi connectivity index (χ2n) is 8.26. The maximum Gasteiger partial charge on any atom is 0.338 e. The van der Waals surface area contributed by atoms with E-state index in [0.29, 0.717) is 13.0 Å². The number of carbonyl (C=O) groups is 1. The van der Waals surface area contributed by atoms with E-state index in [-0.39, 0.29) is 22.9 Å².